The van der Waals surface area contributed by atoms with Gasteiger partial charge in [0.1, 0.15) is 6.67 Å². The van der Waals surface area contributed by atoms with E-state index in [1.807, 2.05) is 6.92 Å². The van der Waals surface area contributed by atoms with Gasteiger partial charge in [-0.25, -0.2) is 15.0 Å². The van der Waals surface area contributed by atoms with Crippen LogP contribution in [0.2, 0.25) is 0 Å². The summed E-state index contributed by atoms with van der Waals surface area (Å²) in [7, 11) is 0. The maximum absolute atomic E-state index is 9.06. The van der Waals surface area contributed by atoms with Crippen LogP contribution in [0, 0.1) is 0 Å². The highest BCUT2D eigenvalue weighted by molar-refractivity contribution is 5.89. The molecule has 0 spiro atoms. The highest BCUT2D eigenvalue weighted by atomic mass is 16.5. The molecule has 0 atom stereocenters. The Morgan fingerprint density at radius 1 is 1.44 bits per heavy atom. The fourth-order valence-corrected chi connectivity index (χ4v) is 1.23. The van der Waals surface area contributed by atoms with Crippen LogP contribution in [0.15, 0.2) is 29.7 Å². The molecule has 1 aromatic rings. The monoisotopic (exact) mass is 220 g/mol. The summed E-state index contributed by atoms with van der Waals surface area (Å²) in [6.07, 6.45) is 6.24. The number of aromatic nitrogens is 2. The van der Waals surface area contributed by atoms with Crippen molar-refractivity contribution < 1.29 is 9.84 Å². The maximum Gasteiger partial charge on any atom is 0.231 e. The number of ether oxygens (including phenoxy) is 1. The fraction of sp³-hybridized carbons (Fsp3) is 0.300. The molecule has 0 fully saturated rings. The molecule has 6 heteroatoms. The molecule has 1 aliphatic rings. The van der Waals surface area contributed by atoms with E-state index in [1.165, 1.54) is 12.4 Å². The van der Waals surface area contributed by atoms with Crippen molar-refractivity contribution in [3.8, 4) is 5.75 Å². The van der Waals surface area contributed by atoms with Gasteiger partial charge >= 0.3 is 0 Å². The summed E-state index contributed by atoms with van der Waals surface area (Å²) in [5.74, 6) is 1.15. The Labute approximate surface area is 92.9 Å². The second-order valence-electron chi connectivity index (χ2n) is 3.10. The third-order valence-corrected chi connectivity index (χ3v) is 1.95. The molecule has 2 rings (SSSR count). The van der Waals surface area contributed by atoms with Gasteiger partial charge in [0.15, 0.2) is 5.75 Å². The molecule has 0 saturated carbocycles. The lowest BCUT2D eigenvalue weighted by Crippen LogP contribution is -2.23. The average molecular weight is 220 g/mol. The Kier molecular flexibility index (Phi) is 3.00. The standard InChI is InChI=1S/C10H12N4O2/c1-2-16-9-3-4-14(7-13-9)10-11-5-8(15)6-12-10/h3-6,15H,2,7H2,1H3. The first kappa shape index (κ1) is 10.4. The molecule has 0 radical (unpaired) electrons. The maximum atomic E-state index is 9.06. The number of hydrogen-bond acceptors (Lipinski definition) is 6. The van der Waals surface area contributed by atoms with Gasteiger partial charge in [0, 0.05) is 12.3 Å². The van der Waals surface area contributed by atoms with Gasteiger partial charge in [-0.2, -0.15) is 0 Å². The van der Waals surface area contributed by atoms with Crippen molar-refractivity contribution >= 4 is 11.8 Å². The van der Waals surface area contributed by atoms with Crippen LogP contribution in [0.3, 0.4) is 0 Å². The Morgan fingerprint density at radius 3 is 2.75 bits per heavy atom. The third-order valence-electron chi connectivity index (χ3n) is 1.95. The van der Waals surface area contributed by atoms with E-state index in [1.54, 1.807) is 17.2 Å². The van der Waals surface area contributed by atoms with Gasteiger partial charge in [0.05, 0.1) is 19.0 Å². The van der Waals surface area contributed by atoms with Crippen molar-refractivity contribution in [2.75, 3.05) is 18.2 Å². The molecular weight excluding hydrogens is 208 g/mol. The SMILES string of the molecule is CCOC1=NCN(c2ncc(O)cn2)C=C1. The lowest BCUT2D eigenvalue weighted by molar-refractivity contribution is 0.328. The Bertz CT molecular complexity index is 413. The Morgan fingerprint density at radius 2 is 2.19 bits per heavy atom. The summed E-state index contributed by atoms with van der Waals surface area (Å²) >= 11 is 0. The first-order valence-corrected chi connectivity index (χ1v) is 4.92. The van der Waals surface area contributed by atoms with E-state index in [0.29, 0.717) is 25.1 Å². The van der Waals surface area contributed by atoms with Crippen LogP contribution in [0.4, 0.5) is 5.95 Å². The lowest BCUT2D eigenvalue weighted by atomic mass is 10.5. The Hall–Kier alpha value is -2.11. The number of rotatable bonds is 2. The van der Waals surface area contributed by atoms with Gasteiger partial charge in [-0.1, -0.05) is 0 Å². The minimum absolute atomic E-state index is 0.0447. The predicted octanol–water partition coefficient (Wildman–Crippen LogP) is 0.908. The number of anilines is 1. The predicted molar refractivity (Wildman–Crippen MR) is 59.2 cm³/mol. The van der Waals surface area contributed by atoms with Gasteiger partial charge in [-0.15, -0.1) is 0 Å². The summed E-state index contributed by atoms with van der Waals surface area (Å²) in [5.41, 5.74) is 0. The molecule has 0 amide bonds. The summed E-state index contributed by atoms with van der Waals surface area (Å²) in [4.78, 5) is 13.9. The fourth-order valence-electron chi connectivity index (χ4n) is 1.23. The van der Waals surface area contributed by atoms with Crippen molar-refractivity contribution in [2.45, 2.75) is 6.92 Å². The van der Waals surface area contributed by atoms with Gasteiger partial charge in [0.25, 0.3) is 0 Å². The van der Waals surface area contributed by atoms with Crippen molar-refractivity contribution in [1.29, 1.82) is 0 Å². The first-order valence-electron chi connectivity index (χ1n) is 4.92. The van der Waals surface area contributed by atoms with E-state index >= 15 is 0 Å². The molecule has 0 bridgehead atoms. The number of nitrogens with zero attached hydrogens (tertiary/aromatic N) is 4. The average Bonchev–Trinajstić information content (AvgIpc) is 2.32. The first-order chi connectivity index (χ1) is 7.79. The second-order valence-corrected chi connectivity index (χ2v) is 3.10. The molecule has 2 heterocycles. The van der Waals surface area contributed by atoms with Crippen LogP contribution in [0.1, 0.15) is 6.92 Å². The van der Waals surface area contributed by atoms with Gasteiger partial charge < -0.3 is 9.84 Å². The van der Waals surface area contributed by atoms with Crippen LogP contribution >= 0.6 is 0 Å². The van der Waals surface area contributed by atoms with E-state index in [0.717, 1.165) is 0 Å². The summed E-state index contributed by atoms with van der Waals surface area (Å²) in [5, 5.41) is 9.06. The highest BCUT2D eigenvalue weighted by Gasteiger charge is 2.10. The molecule has 1 aromatic heterocycles. The van der Waals surface area contributed by atoms with E-state index in [9.17, 15) is 0 Å². The van der Waals surface area contributed by atoms with Crippen molar-refractivity contribution in [3.63, 3.8) is 0 Å². The van der Waals surface area contributed by atoms with Crippen LogP contribution < -0.4 is 4.90 Å². The van der Waals surface area contributed by atoms with Crippen LogP contribution in [0.25, 0.3) is 0 Å². The summed E-state index contributed by atoms with van der Waals surface area (Å²) in [6.45, 7) is 2.92. The molecule has 0 unspecified atom stereocenters. The topological polar surface area (TPSA) is 70.8 Å². The molecule has 1 aliphatic heterocycles. The molecule has 1 N–H and O–H groups in total. The normalized spacial score (nSPS) is 14.8. The molecule has 16 heavy (non-hydrogen) atoms. The van der Waals surface area contributed by atoms with Crippen LogP contribution in [0.5, 0.6) is 5.75 Å². The zero-order valence-electron chi connectivity index (χ0n) is 8.87. The number of aromatic hydroxyl groups is 1. The van der Waals surface area contributed by atoms with E-state index in [4.69, 9.17) is 9.84 Å². The van der Waals surface area contributed by atoms with Crippen molar-refractivity contribution in [2.24, 2.45) is 4.99 Å². The van der Waals surface area contributed by atoms with E-state index in [-0.39, 0.29) is 5.75 Å². The van der Waals surface area contributed by atoms with Gasteiger partial charge in [0.2, 0.25) is 11.8 Å². The Balaban J connectivity index is 2.05. The smallest absolute Gasteiger partial charge is 0.231 e. The van der Waals surface area contributed by atoms with E-state index < -0.39 is 0 Å². The molecule has 0 saturated heterocycles. The largest absolute Gasteiger partial charge is 0.505 e. The number of aliphatic imine (C=N–C) groups is 1. The molecule has 6 nitrogen and oxygen atoms in total. The molecular formula is C10H12N4O2. The number of hydrogen-bond donors (Lipinski definition) is 1. The molecule has 0 aliphatic carbocycles. The van der Waals surface area contributed by atoms with E-state index in [2.05, 4.69) is 15.0 Å². The molecule has 84 valence electrons. The lowest BCUT2D eigenvalue weighted by Gasteiger charge is -2.19. The van der Waals surface area contributed by atoms with Crippen LogP contribution in [-0.2, 0) is 4.74 Å². The summed E-state index contributed by atoms with van der Waals surface area (Å²) < 4.78 is 5.24. The second kappa shape index (κ2) is 4.61. The van der Waals surface area contributed by atoms with Gasteiger partial charge in [-0.3, -0.25) is 4.90 Å². The molecule has 0 aromatic carbocycles. The quantitative estimate of drug-likeness (QED) is 0.802. The van der Waals surface area contributed by atoms with Crippen molar-refractivity contribution in [1.82, 2.24) is 9.97 Å². The zero-order chi connectivity index (χ0) is 11.4. The third kappa shape index (κ3) is 2.28. The van der Waals surface area contributed by atoms with Crippen molar-refractivity contribution in [3.05, 3.63) is 24.7 Å². The van der Waals surface area contributed by atoms with Gasteiger partial charge in [-0.05, 0) is 6.92 Å². The minimum Gasteiger partial charge on any atom is -0.505 e. The van der Waals surface area contributed by atoms with Crippen LogP contribution in [-0.4, -0.2) is 34.2 Å². The highest BCUT2D eigenvalue weighted by Crippen LogP contribution is 2.12. The zero-order valence-corrected chi connectivity index (χ0v) is 8.87. The minimum atomic E-state index is 0.0447. The summed E-state index contributed by atoms with van der Waals surface area (Å²) in [6, 6.07) is 0.